The van der Waals surface area contributed by atoms with Crippen molar-refractivity contribution in [2.24, 2.45) is 11.8 Å². The van der Waals surface area contributed by atoms with Crippen LogP contribution >= 0.6 is 0 Å². The Morgan fingerprint density at radius 3 is 1.90 bits per heavy atom. The van der Waals surface area contributed by atoms with Crippen LogP contribution in [0.2, 0.25) is 0 Å². The second-order valence-electron chi connectivity index (χ2n) is 3.63. The van der Waals surface area contributed by atoms with Gasteiger partial charge in [0.25, 0.3) is 0 Å². The van der Waals surface area contributed by atoms with Crippen LogP contribution in [0.3, 0.4) is 0 Å². The fourth-order valence-electron chi connectivity index (χ4n) is 1.16. The fraction of sp³-hybridized carbons (Fsp3) is 1.00. The zero-order valence-corrected chi connectivity index (χ0v) is 8.02. The highest BCUT2D eigenvalue weighted by atomic mass is 15.1. The Hall–Kier alpha value is -0.0400. The second-order valence-corrected chi connectivity index (χ2v) is 3.63. The smallest absolute Gasteiger partial charge is 0.000346 e. The second kappa shape index (κ2) is 4.73. The molecule has 0 amide bonds. The predicted octanol–water partition coefficient (Wildman–Crippen LogP) is 2.23. The summed E-state index contributed by atoms with van der Waals surface area (Å²) in [4.78, 5) is 2.26. The molecule has 0 aromatic heterocycles. The number of hydrogen-bond donors (Lipinski definition) is 0. The highest BCUT2D eigenvalue weighted by Crippen LogP contribution is 2.14. The maximum absolute atomic E-state index is 2.33. The Labute approximate surface area is 65.4 Å². The molecule has 0 rings (SSSR count). The number of hydrogen-bond acceptors (Lipinski definition) is 1. The van der Waals surface area contributed by atoms with Crippen LogP contribution in [0.4, 0.5) is 0 Å². The Morgan fingerprint density at radius 2 is 1.60 bits per heavy atom. The van der Waals surface area contributed by atoms with Crippen molar-refractivity contribution in [3.05, 3.63) is 0 Å². The molecule has 0 radical (unpaired) electrons. The van der Waals surface area contributed by atoms with Crippen LogP contribution in [-0.2, 0) is 0 Å². The van der Waals surface area contributed by atoms with Gasteiger partial charge in [-0.25, -0.2) is 0 Å². The third kappa shape index (κ3) is 3.89. The predicted molar refractivity (Wildman–Crippen MR) is 47.2 cm³/mol. The molecular formula is C9H21N. The fourth-order valence-corrected chi connectivity index (χ4v) is 1.16. The molecule has 1 unspecified atom stereocenters. The molecule has 0 fully saturated rings. The van der Waals surface area contributed by atoms with E-state index in [1.807, 2.05) is 0 Å². The Bertz CT molecular complexity index is 78.8. The van der Waals surface area contributed by atoms with Crippen molar-refractivity contribution in [1.29, 1.82) is 0 Å². The van der Waals surface area contributed by atoms with Gasteiger partial charge in [-0.3, -0.25) is 0 Å². The molecule has 10 heavy (non-hydrogen) atoms. The van der Waals surface area contributed by atoms with E-state index < -0.39 is 0 Å². The van der Waals surface area contributed by atoms with Crippen LogP contribution in [0.5, 0.6) is 0 Å². The highest BCUT2D eigenvalue weighted by Gasteiger charge is 2.09. The molecule has 0 aromatic carbocycles. The van der Waals surface area contributed by atoms with Crippen molar-refractivity contribution in [2.75, 3.05) is 20.6 Å². The Balaban J connectivity index is 3.50. The number of nitrogens with zero attached hydrogens (tertiary/aromatic N) is 1. The van der Waals surface area contributed by atoms with Crippen LogP contribution in [0, 0.1) is 11.8 Å². The maximum atomic E-state index is 2.33. The summed E-state index contributed by atoms with van der Waals surface area (Å²) in [6.45, 7) is 8.13. The lowest BCUT2D eigenvalue weighted by molar-refractivity contribution is 0.270. The first-order chi connectivity index (χ1) is 4.57. The lowest BCUT2D eigenvalue weighted by Gasteiger charge is -2.21. The van der Waals surface area contributed by atoms with Crippen LogP contribution in [0.15, 0.2) is 0 Å². The summed E-state index contributed by atoms with van der Waals surface area (Å²) in [5, 5.41) is 0. The quantitative estimate of drug-likeness (QED) is 0.583. The van der Waals surface area contributed by atoms with Crippen molar-refractivity contribution in [3.8, 4) is 0 Å². The highest BCUT2D eigenvalue weighted by molar-refractivity contribution is 4.62. The van der Waals surface area contributed by atoms with E-state index >= 15 is 0 Å². The van der Waals surface area contributed by atoms with Gasteiger partial charge in [0.15, 0.2) is 0 Å². The van der Waals surface area contributed by atoms with Gasteiger partial charge in [0, 0.05) is 6.54 Å². The normalized spacial score (nSPS) is 17.4. The molecule has 0 aromatic rings. The van der Waals surface area contributed by atoms with Crippen molar-refractivity contribution in [2.45, 2.75) is 27.2 Å². The first kappa shape index (κ1) is 9.96. The zero-order chi connectivity index (χ0) is 8.15. The third-order valence-electron chi connectivity index (χ3n) is 2.27. The van der Waals surface area contributed by atoms with Gasteiger partial charge in [-0.2, -0.15) is 0 Å². The summed E-state index contributed by atoms with van der Waals surface area (Å²) in [6, 6.07) is 0. The minimum atomic E-state index is 0.833. The molecule has 0 saturated heterocycles. The van der Waals surface area contributed by atoms with Crippen molar-refractivity contribution in [3.63, 3.8) is 0 Å². The molecule has 0 heterocycles. The Morgan fingerprint density at radius 1 is 1.10 bits per heavy atom. The van der Waals surface area contributed by atoms with Crippen LogP contribution < -0.4 is 0 Å². The minimum Gasteiger partial charge on any atom is -0.309 e. The van der Waals surface area contributed by atoms with E-state index in [2.05, 4.69) is 39.8 Å². The largest absolute Gasteiger partial charge is 0.309 e. The van der Waals surface area contributed by atoms with Gasteiger partial charge in [-0.15, -0.1) is 0 Å². The molecule has 0 N–H and O–H groups in total. The molecule has 62 valence electrons. The summed E-state index contributed by atoms with van der Waals surface area (Å²) in [5.41, 5.74) is 0. The summed E-state index contributed by atoms with van der Waals surface area (Å²) >= 11 is 0. The standard InChI is InChI=1S/C9H21N/c1-6-8(2)9(3)7-10(4)5/h8-9H,6-7H2,1-5H3/t8-,9?/m0/s1. The summed E-state index contributed by atoms with van der Waals surface area (Å²) in [7, 11) is 4.28. The molecule has 1 nitrogen and oxygen atoms in total. The van der Waals surface area contributed by atoms with Gasteiger partial charge in [0.05, 0.1) is 0 Å². The van der Waals surface area contributed by atoms with Gasteiger partial charge < -0.3 is 4.90 Å². The Kier molecular flexibility index (Phi) is 4.71. The third-order valence-corrected chi connectivity index (χ3v) is 2.27. The molecule has 2 atom stereocenters. The molecule has 0 spiro atoms. The lowest BCUT2D eigenvalue weighted by Crippen LogP contribution is -2.23. The van der Waals surface area contributed by atoms with Crippen molar-refractivity contribution in [1.82, 2.24) is 4.90 Å². The van der Waals surface area contributed by atoms with E-state index in [-0.39, 0.29) is 0 Å². The summed E-state index contributed by atoms with van der Waals surface area (Å²) in [6.07, 6.45) is 1.30. The SMILES string of the molecule is CC[C@H](C)C(C)CN(C)C. The lowest BCUT2D eigenvalue weighted by atomic mass is 9.93. The van der Waals surface area contributed by atoms with E-state index in [0.717, 1.165) is 11.8 Å². The van der Waals surface area contributed by atoms with Crippen LogP contribution in [0.25, 0.3) is 0 Å². The summed E-state index contributed by atoms with van der Waals surface area (Å²) < 4.78 is 0. The molecule has 0 bridgehead atoms. The van der Waals surface area contributed by atoms with E-state index in [4.69, 9.17) is 0 Å². The van der Waals surface area contributed by atoms with Gasteiger partial charge in [-0.1, -0.05) is 27.2 Å². The molecule has 1 heteroatoms. The van der Waals surface area contributed by atoms with E-state index in [0.29, 0.717) is 0 Å². The zero-order valence-electron chi connectivity index (χ0n) is 8.02. The van der Waals surface area contributed by atoms with Crippen LogP contribution in [0.1, 0.15) is 27.2 Å². The van der Waals surface area contributed by atoms with Crippen molar-refractivity contribution >= 4 is 0 Å². The first-order valence-electron chi connectivity index (χ1n) is 4.22. The maximum Gasteiger partial charge on any atom is 0.000346 e. The van der Waals surface area contributed by atoms with Gasteiger partial charge in [0.1, 0.15) is 0 Å². The topological polar surface area (TPSA) is 3.24 Å². The van der Waals surface area contributed by atoms with Gasteiger partial charge in [-0.05, 0) is 25.9 Å². The molecule has 0 aliphatic heterocycles. The average molecular weight is 143 g/mol. The monoisotopic (exact) mass is 143 g/mol. The summed E-state index contributed by atoms with van der Waals surface area (Å²) in [5.74, 6) is 1.70. The minimum absolute atomic E-state index is 0.833. The molecule has 0 aliphatic carbocycles. The molecule has 0 saturated carbocycles. The van der Waals surface area contributed by atoms with E-state index in [9.17, 15) is 0 Å². The van der Waals surface area contributed by atoms with Gasteiger partial charge in [0.2, 0.25) is 0 Å². The first-order valence-corrected chi connectivity index (χ1v) is 4.22. The van der Waals surface area contributed by atoms with Gasteiger partial charge >= 0.3 is 0 Å². The molecular weight excluding hydrogens is 122 g/mol. The van der Waals surface area contributed by atoms with Crippen LogP contribution in [-0.4, -0.2) is 25.5 Å². The van der Waals surface area contributed by atoms with E-state index in [1.54, 1.807) is 0 Å². The number of rotatable bonds is 4. The van der Waals surface area contributed by atoms with E-state index in [1.165, 1.54) is 13.0 Å². The molecule has 0 aliphatic rings. The van der Waals surface area contributed by atoms with Crippen molar-refractivity contribution < 1.29 is 0 Å². The average Bonchev–Trinajstić information content (AvgIpc) is 1.85.